The van der Waals surface area contributed by atoms with Crippen LogP contribution in [0.2, 0.25) is 0 Å². The Balaban J connectivity index is 1.10. The topological polar surface area (TPSA) is 18.1 Å². The fourth-order valence-electron chi connectivity index (χ4n) is 8.27. The number of rotatable bonds is 3. The van der Waals surface area contributed by atoms with Crippen LogP contribution >= 0.6 is 0 Å². The molecule has 0 bridgehead atoms. The predicted molar refractivity (Wildman–Crippen MR) is 195 cm³/mol. The minimum absolute atomic E-state index is 0.976. The average molecular weight is 592 g/mol. The van der Waals surface area contributed by atoms with E-state index < -0.39 is 0 Å². The Hall–Kier alpha value is -5.34. The van der Waals surface area contributed by atoms with Crippen molar-refractivity contribution in [1.29, 1.82) is 0 Å². The van der Waals surface area contributed by atoms with Gasteiger partial charge < -0.3 is 8.98 Å². The van der Waals surface area contributed by atoms with Crippen LogP contribution in [0.3, 0.4) is 0 Å². The van der Waals surface area contributed by atoms with Crippen LogP contribution in [0, 0.1) is 0 Å². The Morgan fingerprint density at radius 2 is 1.41 bits per heavy atom. The summed E-state index contributed by atoms with van der Waals surface area (Å²) in [6, 6.07) is 33.7. The maximum absolute atomic E-state index is 6.51. The maximum atomic E-state index is 6.51. The molecule has 0 radical (unpaired) electrons. The summed E-state index contributed by atoms with van der Waals surface area (Å²) in [4.78, 5) is 0. The number of aromatic nitrogens is 1. The molecule has 2 heteroatoms. The van der Waals surface area contributed by atoms with Gasteiger partial charge in [-0.2, -0.15) is 0 Å². The molecule has 0 saturated carbocycles. The van der Waals surface area contributed by atoms with Crippen molar-refractivity contribution < 1.29 is 4.42 Å². The molecule has 10 rings (SSSR count). The van der Waals surface area contributed by atoms with E-state index in [1.54, 1.807) is 0 Å². The highest BCUT2D eigenvalue weighted by Gasteiger charge is 2.23. The van der Waals surface area contributed by atoms with E-state index in [-0.39, 0.29) is 0 Å². The zero-order valence-electron chi connectivity index (χ0n) is 25.7. The van der Waals surface area contributed by atoms with Crippen LogP contribution in [0.5, 0.6) is 0 Å². The van der Waals surface area contributed by atoms with E-state index in [0.717, 1.165) is 49.9 Å². The van der Waals surface area contributed by atoms with E-state index in [2.05, 4.69) is 132 Å². The van der Waals surface area contributed by atoms with E-state index in [0.29, 0.717) is 0 Å². The zero-order valence-corrected chi connectivity index (χ0v) is 25.7. The van der Waals surface area contributed by atoms with Crippen LogP contribution in [-0.2, 0) is 12.8 Å². The third kappa shape index (κ3) is 3.83. The summed E-state index contributed by atoms with van der Waals surface area (Å²) in [5, 5.41) is 7.89. The number of fused-ring (bicyclic) bond motifs is 9. The van der Waals surface area contributed by atoms with Crippen LogP contribution in [0.1, 0.15) is 53.8 Å². The first-order valence-corrected chi connectivity index (χ1v) is 16.7. The van der Waals surface area contributed by atoms with Gasteiger partial charge >= 0.3 is 0 Å². The molecule has 0 saturated heterocycles. The van der Waals surface area contributed by atoms with Crippen molar-refractivity contribution in [2.24, 2.45) is 0 Å². The van der Waals surface area contributed by atoms with Gasteiger partial charge in [-0.25, -0.2) is 0 Å². The van der Waals surface area contributed by atoms with Gasteiger partial charge in [0.1, 0.15) is 11.3 Å². The monoisotopic (exact) mass is 591 g/mol. The van der Waals surface area contributed by atoms with Crippen LogP contribution < -0.4 is 0 Å². The number of nitrogens with zero attached hydrogens (tertiary/aromatic N) is 1. The zero-order chi connectivity index (χ0) is 30.2. The molecular weight excluding hydrogens is 558 g/mol. The number of furan rings is 1. The largest absolute Gasteiger partial charge is 0.460 e. The van der Waals surface area contributed by atoms with Gasteiger partial charge in [0.25, 0.3) is 0 Å². The van der Waals surface area contributed by atoms with Crippen molar-refractivity contribution in [2.45, 2.75) is 38.5 Å². The standard InChI is InChI=1S/C44H33NO/c1-2-11-32-29(10-1)26-39(35-13-4-3-12-34(32)35)28-20-23-31(24-21-28)45-41-18-7-5-14-36(41)40-27-30(22-25-42(40)45)33-16-9-17-38-37-15-6-8-19-43(37)46-44(33)38/h1-4,6-7,9-13,15-18,20,22-23,25-27H,5,8,14,19,21,24H2. The number of para-hydroxylation sites is 1. The Morgan fingerprint density at radius 1 is 0.587 bits per heavy atom. The van der Waals surface area contributed by atoms with E-state index in [4.69, 9.17) is 4.42 Å². The molecule has 0 fully saturated rings. The minimum atomic E-state index is 0.976. The first kappa shape index (κ1) is 25.9. The summed E-state index contributed by atoms with van der Waals surface area (Å²) < 4.78 is 9.05. The first-order chi connectivity index (χ1) is 22.8. The molecular formula is C44H33NO. The average Bonchev–Trinajstić information content (AvgIpc) is 3.67. The highest BCUT2D eigenvalue weighted by molar-refractivity contribution is 6.12. The summed E-state index contributed by atoms with van der Waals surface area (Å²) >= 11 is 0. The highest BCUT2D eigenvalue weighted by atomic mass is 16.3. The molecule has 0 aliphatic heterocycles. The molecule has 3 aliphatic carbocycles. The van der Waals surface area contributed by atoms with Gasteiger partial charge in [0.2, 0.25) is 0 Å². The van der Waals surface area contributed by atoms with E-state index in [1.807, 2.05) is 0 Å². The Bertz CT molecular complexity index is 2530. The van der Waals surface area contributed by atoms with Crippen molar-refractivity contribution in [2.75, 3.05) is 0 Å². The molecule has 0 unspecified atom stereocenters. The van der Waals surface area contributed by atoms with Gasteiger partial charge in [-0.3, -0.25) is 0 Å². The van der Waals surface area contributed by atoms with Crippen molar-refractivity contribution in [3.8, 4) is 11.1 Å². The second-order valence-electron chi connectivity index (χ2n) is 13.0. The van der Waals surface area contributed by atoms with Gasteiger partial charge in [-0.05, 0) is 106 Å². The number of hydrogen-bond acceptors (Lipinski definition) is 1. The smallest absolute Gasteiger partial charge is 0.142 e. The fraction of sp³-hybridized carbons (Fsp3) is 0.136. The molecule has 5 aromatic carbocycles. The second-order valence-corrected chi connectivity index (χ2v) is 13.0. The van der Waals surface area contributed by atoms with Gasteiger partial charge in [0.05, 0.1) is 5.52 Å². The van der Waals surface area contributed by atoms with Gasteiger partial charge in [0.15, 0.2) is 0 Å². The quantitative estimate of drug-likeness (QED) is 0.187. The van der Waals surface area contributed by atoms with Gasteiger partial charge in [0, 0.05) is 39.7 Å². The molecule has 220 valence electrons. The molecule has 46 heavy (non-hydrogen) atoms. The number of aryl methyl sites for hydroxylation is 2. The Morgan fingerprint density at radius 3 is 2.33 bits per heavy atom. The SMILES string of the molecule is C1=Cc2c(oc3c(-c4ccc5c(c4)c4c(n5C5=CC=C(c6cc7ccccc7c7ccccc67)CC5)C=CCC4)cccc23)CC1. The predicted octanol–water partition coefficient (Wildman–Crippen LogP) is 12.0. The summed E-state index contributed by atoms with van der Waals surface area (Å²) in [5.74, 6) is 1.12. The molecule has 2 heterocycles. The third-order valence-corrected chi connectivity index (χ3v) is 10.4. The highest BCUT2D eigenvalue weighted by Crippen LogP contribution is 2.42. The van der Waals surface area contributed by atoms with Gasteiger partial charge in [-0.1, -0.05) is 97.1 Å². The van der Waals surface area contributed by atoms with Gasteiger partial charge in [-0.15, -0.1) is 0 Å². The van der Waals surface area contributed by atoms with Crippen molar-refractivity contribution in [3.05, 3.63) is 143 Å². The summed E-state index contributed by atoms with van der Waals surface area (Å²) in [6.45, 7) is 0. The maximum Gasteiger partial charge on any atom is 0.142 e. The fourth-order valence-corrected chi connectivity index (χ4v) is 8.27. The van der Waals surface area contributed by atoms with E-state index in [1.165, 1.54) is 82.6 Å². The van der Waals surface area contributed by atoms with Crippen LogP contribution in [-0.4, -0.2) is 4.57 Å². The van der Waals surface area contributed by atoms with E-state index >= 15 is 0 Å². The first-order valence-electron chi connectivity index (χ1n) is 16.7. The molecule has 0 amide bonds. The van der Waals surface area contributed by atoms with Crippen molar-refractivity contribution in [3.63, 3.8) is 0 Å². The second kappa shape index (κ2) is 10.1. The summed E-state index contributed by atoms with van der Waals surface area (Å²) in [5.41, 5.74) is 12.9. The lowest BCUT2D eigenvalue weighted by Gasteiger charge is -2.21. The summed E-state index contributed by atoms with van der Waals surface area (Å²) in [7, 11) is 0. The molecule has 7 aromatic rings. The molecule has 2 nitrogen and oxygen atoms in total. The molecule has 0 N–H and O–H groups in total. The lowest BCUT2D eigenvalue weighted by molar-refractivity contribution is 0.547. The Labute approximate surface area is 268 Å². The van der Waals surface area contributed by atoms with Crippen LogP contribution in [0.15, 0.2) is 120 Å². The molecule has 0 atom stereocenters. The molecule has 2 aromatic heterocycles. The molecule has 3 aliphatic rings. The van der Waals surface area contributed by atoms with Crippen molar-refractivity contribution >= 4 is 66.8 Å². The normalized spacial score (nSPS) is 15.8. The third-order valence-electron chi connectivity index (χ3n) is 10.4. The molecule has 0 spiro atoms. The number of hydrogen-bond donors (Lipinski definition) is 0. The van der Waals surface area contributed by atoms with Crippen LogP contribution in [0.25, 0.3) is 78.0 Å². The van der Waals surface area contributed by atoms with Crippen LogP contribution in [0.4, 0.5) is 0 Å². The number of benzene rings is 5. The summed E-state index contributed by atoms with van der Waals surface area (Å²) in [6.07, 6.45) is 20.1. The van der Waals surface area contributed by atoms with Crippen molar-refractivity contribution in [1.82, 2.24) is 4.57 Å². The minimum Gasteiger partial charge on any atom is -0.460 e. The number of allylic oxidation sites excluding steroid dienone is 6. The Kier molecular flexibility index (Phi) is 5.69. The lowest BCUT2D eigenvalue weighted by atomic mass is 9.89. The van der Waals surface area contributed by atoms with E-state index in [9.17, 15) is 0 Å². The lowest BCUT2D eigenvalue weighted by Crippen LogP contribution is -2.05.